The highest BCUT2D eigenvalue weighted by atomic mass is 16.6. The Morgan fingerprint density at radius 3 is 2.87 bits per heavy atom. The summed E-state index contributed by atoms with van der Waals surface area (Å²) in [5, 5.41) is 9.32. The molecule has 0 aromatic heterocycles. The average molecular weight is 210 g/mol. The molecule has 1 N–H and O–H groups in total. The van der Waals surface area contributed by atoms with E-state index >= 15 is 0 Å². The van der Waals surface area contributed by atoms with E-state index in [1.165, 1.54) is 7.11 Å². The van der Waals surface area contributed by atoms with E-state index in [2.05, 4.69) is 4.74 Å². The molecular formula is C11H14O4. The number of rotatable bonds is 4. The van der Waals surface area contributed by atoms with E-state index in [-0.39, 0.29) is 6.61 Å². The number of aliphatic hydroxyl groups excluding tert-OH is 1. The number of benzene rings is 1. The maximum Gasteiger partial charge on any atom is 0.343 e. The molecule has 1 aromatic rings. The molecule has 4 heteroatoms. The molecule has 0 aliphatic rings. The standard InChI is InChI=1S/C11H14O4/c1-8(12)9-4-3-5-10(6-9)15-7-11(13)14-2/h3-6,8,12H,7H2,1-2H3. The second kappa shape index (κ2) is 5.36. The summed E-state index contributed by atoms with van der Waals surface area (Å²) < 4.78 is 9.60. The number of carbonyl (C=O) groups excluding carboxylic acids is 1. The van der Waals surface area contributed by atoms with Gasteiger partial charge in [-0.3, -0.25) is 0 Å². The molecule has 4 nitrogen and oxygen atoms in total. The minimum Gasteiger partial charge on any atom is -0.482 e. The quantitative estimate of drug-likeness (QED) is 0.761. The van der Waals surface area contributed by atoms with Gasteiger partial charge in [-0.15, -0.1) is 0 Å². The highest BCUT2D eigenvalue weighted by molar-refractivity contribution is 5.70. The Bertz CT molecular complexity index is 333. The predicted octanol–water partition coefficient (Wildman–Crippen LogP) is 1.29. The third-order valence-corrected chi connectivity index (χ3v) is 1.92. The smallest absolute Gasteiger partial charge is 0.343 e. The van der Waals surface area contributed by atoms with Gasteiger partial charge in [-0.2, -0.15) is 0 Å². The van der Waals surface area contributed by atoms with Crippen LogP contribution in [0.2, 0.25) is 0 Å². The summed E-state index contributed by atoms with van der Waals surface area (Å²) in [4.78, 5) is 10.8. The van der Waals surface area contributed by atoms with Gasteiger partial charge in [-0.05, 0) is 24.6 Å². The summed E-state index contributed by atoms with van der Waals surface area (Å²) in [7, 11) is 1.30. The van der Waals surface area contributed by atoms with Crippen LogP contribution in [0, 0.1) is 0 Å². The topological polar surface area (TPSA) is 55.8 Å². The van der Waals surface area contributed by atoms with Gasteiger partial charge in [0, 0.05) is 0 Å². The van der Waals surface area contributed by atoms with Gasteiger partial charge < -0.3 is 14.6 Å². The molecule has 0 bridgehead atoms. The molecule has 0 spiro atoms. The first-order valence-electron chi connectivity index (χ1n) is 4.61. The second-order valence-electron chi connectivity index (χ2n) is 3.11. The summed E-state index contributed by atoms with van der Waals surface area (Å²) in [6.07, 6.45) is -0.549. The molecule has 1 rings (SSSR count). The molecule has 0 saturated carbocycles. The van der Waals surface area contributed by atoms with E-state index in [4.69, 9.17) is 4.74 Å². The summed E-state index contributed by atoms with van der Waals surface area (Å²) in [5.41, 5.74) is 0.748. The third-order valence-electron chi connectivity index (χ3n) is 1.92. The van der Waals surface area contributed by atoms with Crippen LogP contribution < -0.4 is 4.74 Å². The van der Waals surface area contributed by atoms with Crippen LogP contribution in [0.3, 0.4) is 0 Å². The van der Waals surface area contributed by atoms with Gasteiger partial charge >= 0.3 is 5.97 Å². The Morgan fingerprint density at radius 1 is 1.53 bits per heavy atom. The number of ether oxygens (including phenoxy) is 2. The molecule has 15 heavy (non-hydrogen) atoms. The fourth-order valence-corrected chi connectivity index (χ4v) is 1.07. The van der Waals surface area contributed by atoms with Gasteiger partial charge in [0.1, 0.15) is 5.75 Å². The normalized spacial score (nSPS) is 11.9. The highest BCUT2D eigenvalue weighted by Gasteiger charge is 2.04. The minimum atomic E-state index is -0.549. The molecule has 0 saturated heterocycles. The van der Waals surface area contributed by atoms with Crippen molar-refractivity contribution in [3.05, 3.63) is 29.8 Å². The predicted molar refractivity (Wildman–Crippen MR) is 54.6 cm³/mol. The number of aliphatic hydroxyl groups is 1. The van der Waals surface area contributed by atoms with Crippen molar-refractivity contribution in [1.82, 2.24) is 0 Å². The van der Waals surface area contributed by atoms with E-state index in [9.17, 15) is 9.90 Å². The molecule has 1 aromatic carbocycles. The zero-order valence-electron chi connectivity index (χ0n) is 8.77. The number of methoxy groups -OCH3 is 1. The van der Waals surface area contributed by atoms with Crippen molar-refractivity contribution in [2.45, 2.75) is 13.0 Å². The van der Waals surface area contributed by atoms with Crippen molar-refractivity contribution >= 4 is 5.97 Å². The lowest BCUT2D eigenvalue weighted by Crippen LogP contribution is -2.12. The van der Waals surface area contributed by atoms with Crippen molar-refractivity contribution in [2.75, 3.05) is 13.7 Å². The number of esters is 1. The van der Waals surface area contributed by atoms with Crippen molar-refractivity contribution in [3.63, 3.8) is 0 Å². The van der Waals surface area contributed by atoms with Crippen molar-refractivity contribution in [1.29, 1.82) is 0 Å². The van der Waals surface area contributed by atoms with Crippen LogP contribution in [-0.4, -0.2) is 24.8 Å². The lowest BCUT2D eigenvalue weighted by atomic mass is 10.1. The fraction of sp³-hybridized carbons (Fsp3) is 0.364. The third kappa shape index (κ3) is 3.59. The minimum absolute atomic E-state index is 0.125. The molecule has 0 radical (unpaired) electrons. The summed E-state index contributed by atoms with van der Waals surface area (Å²) in [6, 6.07) is 6.95. The Kier molecular flexibility index (Phi) is 4.12. The van der Waals surface area contributed by atoms with Gasteiger partial charge in [0.05, 0.1) is 13.2 Å². The van der Waals surface area contributed by atoms with E-state index in [1.807, 2.05) is 0 Å². The SMILES string of the molecule is COC(=O)COc1cccc(C(C)O)c1. The molecule has 1 unspecified atom stereocenters. The molecule has 0 fully saturated rings. The summed E-state index contributed by atoms with van der Waals surface area (Å²) in [6.45, 7) is 1.54. The average Bonchev–Trinajstić information content (AvgIpc) is 2.26. The second-order valence-corrected chi connectivity index (χ2v) is 3.11. The molecule has 0 amide bonds. The molecule has 1 atom stereocenters. The summed E-state index contributed by atoms with van der Waals surface area (Å²) >= 11 is 0. The van der Waals surface area contributed by atoms with Crippen LogP contribution in [0.5, 0.6) is 5.75 Å². The van der Waals surface area contributed by atoms with E-state index in [0.29, 0.717) is 5.75 Å². The van der Waals surface area contributed by atoms with Crippen LogP contribution in [-0.2, 0) is 9.53 Å². The molecule has 0 aliphatic carbocycles. The van der Waals surface area contributed by atoms with Crippen molar-refractivity contribution in [3.8, 4) is 5.75 Å². The maximum absolute atomic E-state index is 10.8. The Hall–Kier alpha value is -1.55. The number of hydrogen-bond donors (Lipinski definition) is 1. The van der Waals surface area contributed by atoms with Gasteiger partial charge in [-0.25, -0.2) is 4.79 Å². The van der Waals surface area contributed by atoms with E-state index in [1.54, 1.807) is 31.2 Å². The lowest BCUT2D eigenvalue weighted by molar-refractivity contribution is -0.142. The van der Waals surface area contributed by atoms with Crippen LogP contribution >= 0.6 is 0 Å². The summed E-state index contributed by atoms with van der Waals surface area (Å²) in [5.74, 6) is 0.108. The van der Waals surface area contributed by atoms with E-state index < -0.39 is 12.1 Å². The number of carbonyl (C=O) groups is 1. The fourth-order valence-electron chi connectivity index (χ4n) is 1.07. The van der Waals surface area contributed by atoms with Crippen molar-refractivity contribution < 1.29 is 19.4 Å². The number of hydrogen-bond acceptors (Lipinski definition) is 4. The van der Waals surface area contributed by atoms with Crippen LogP contribution in [0.25, 0.3) is 0 Å². The Labute approximate surface area is 88.4 Å². The largest absolute Gasteiger partial charge is 0.482 e. The monoisotopic (exact) mass is 210 g/mol. The van der Waals surface area contributed by atoms with Crippen LogP contribution in [0.15, 0.2) is 24.3 Å². The maximum atomic E-state index is 10.8. The molecule has 0 heterocycles. The van der Waals surface area contributed by atoms with Gasteiger partial charge in [-0.1, -0.05) is 12.1 Å². The van der Waals surface area contributed by atoms with Gasteiger partial charge in [0.25, 0.3) is 0 Å². The first-order valence-corrected chi connectivity index (χ1v) is 4.61. The zero-order chi connectivity index (χ0) is 11.3. The van der Waals surface area contributed by atoms with Gasteiger partial charge in [0.15, 0.2) is 6.61 Å². The Morgan fingerprint density at radius 2 is 2.27 bits per heavy atom. The first-order chi connectivity index (χ1) is 7.13. The van der Waals surface area contributed by atoms with E-state index in [0.717, 1.165) is 5.56 Å². The van der Waals surface area contributed by atoms with Crippen LogP contribution in [0.4, 0.5) is 0 Å². The lowest BCUT2D eigenvalue weighted by Gasteiger charge is -2.08. The van der Waals surface area contributed by atoms with Crippen LogP contribution in [0.1, 0.15) is 18.6 Å². The molecular weight excluding hydrogens is 196 g/mol. The Balaban J connectivity index is 2.61. The first kappa shape index (κ1) is 11.5. The molecule has 0 aliphatic heterocycles. The van der Waals surface area contributed by atoms with Crippen molar-refractivity contribution in [2.24, 2.45) is 0 Å². The molecule has 82 valence electrons. The zero-order valence-corrected chi connectivity index (χ0v) is 8.77. The van der Waals surface area contributed by atoms with Gasteiger partial charge in [0.2, 0.25) is 0 Å². The highest BCUT2D eigenvalue weighted by Crippen LogP contribution is 2.18.